The second-order valence-corrected chi connectivity index (χ2v) is 5.72. The van der Waals surface area contributed by atoms with E-state index in [-0.39, 0.29) is 18.4 Å². The van der Waals surface area contributed by atoms with Gasteiger partial charge in [0.1, 0.15) is 5.60 Å². The monoisotopic (exact) mass is 293 g/mol. The smallest absolute Gasteiger partial charge is 0.408 e. The Labute approximate surface area is 125 Å². The third kappa shape index (κ3) is 6.79. The SMILES string of the molecule is COC(=O)CCC(NC(=O)OC(C)(C)C)c1ccccc1. The maximum Gasteiger partial charge on any atom is 0.408 e. The normalized spacial score (nSPS) is 12.4. The summed E-state index contributed by atoms with van der Waals surface area (Å²) in [5.41, 5.74) is 0.362. The highest BCUT2D eigenvalue weighted by Gasteiger charge is 2.21. The number of ether oxygens (including phenoxy) is 2. The molecule has 0 aliphatic carbocycles. The predicted octanol–water partition coefficient (Wildman–Crippen LogP) is 3.21. The number of nitrogens with one attached hydrogen (secondary N) is 1. The van der Waals surface area contributed by atoms with E-state index in [2.05, 4.69) is 10.1 Å². The highest BCUT2D eigenvalue weighted by molar-refractivity contribution is 5.70. The number of alkyl carbamates (subject to hydrolysis) is 1. The largest absolute Gasteiger partial charge is 0.469 e. The lowest BCUT2D eigenvalue weighted by molar-refractivity contribution is -0.140. The van der Waals surface area contributed by atoms with Gasteiger partial charge >= 0.3 is 12.1 Å². The van der Waals surface area contributed by atoms with E-state index in [0.717, 1.165) is 5.56 Å². The fourth-order valence-corrected chi connectivity index (χ4v) is 1.82. The lowest BCUT2D eigenvalue weighted by Crippen LogP contribution is -2.35. The lowest BCUT2D eigenvalue weighted by Gasteiger charge is -2.23. The molecule has 5 nitrogen and oxygen atoms in total. The summed E-state index contributed by atoms with van der Waals surface area (Å²) in [6.07, 6.45) is 0.183. The summed E-state index contributed by atoms with van der Waals surface area (Å²) in [5, 5.41) is 2.80. The first kappa shape index (κ1) is 17.0. The molecule has 116 valence electrons. The minimum Gasteiger partial charge on any atom is -0.469 e. The van der Waals surface area contributed by atoms with Gasteiger partial charge in [0, 0.05) is 6.42 Å². The van der Waals surface area contributed by atoms with Crippen LogP contribution in [0.4, 0.5) is 4.79 Å². The predicted molar refractivity (Wildman–Crippen MR) is 79.8 cm³/mol. The number of carbonyl (C=O) groups excluding carboxylic acids is 2. The summed E-state index contributed by atoms with van der Waals surface area (Å²) in [7, 11) is 1.35. The van der Waals surface area contributed by atoms with Gasteiger partial charge in [0.15, 0.2) is 0 Å². The molecule has 1 aromatic carbocycles. The van der Waals surface area contributed by atoms with Crippen LogP contribution in [0, 0.1) is 0 Å². The van der Waals surface area contributed by atoms with Crippen LogP contribution >= 0.6 is 0 Å². The van der Waals surface area contributed by atoms with Gasteiger partial charge in [0.05, 0.1) is 13.2 Å². The molecule has 1 unspecified atom stereocenters. The molecular weight excluding hydrogens is 270 g/mol. The average molecular weight is 293 g/mol. The van der Waals surface area contributed by atoms with E-state index >= 15 is 0 Å². The summed E-state index contributed by atoms with van der Waals surface area (Å²) < 4.78 is 9.90. The molecule has 21 heavy (non-hydrogen) atoms. The summed E-state index contributed by atoms with van der Waals surface area (Å²) >= 11 is 0. The quantitative estimate of drug-likeness (QED) is 0.847. The third-order valence-electron chi connectivity index (χ3n) is 2.76. The van der Waals surface area contributed by atoms with Crippen molar-refractivity contribution in [2.24, 2.45) is 0 Å². The zero-order valence-corrected chi connectivity index (χ0v) is 13.0. The molecule has 0 heterocycles. The number of methoxy groups -OCH3 is 1. The van der Waals surface area contributed by atoms with Gasteiger partial charge in [0.25, 0.3) is 0 Å². The Kier molecular flexibility index (Phi) is 6.21. The van der Waals surface area contributed by atoms with Crippen LogP contribution in [0.25, 0.3) is 0 Å². The van der Waals surface area contributed by atoms with Gasteiger partial charge in [-0.15, -0.1) is 0 Å². The molecule has 1 rings (SSSR count). The van der Waals surface area contributed by atoms with Crippen LogP contribution in [0.5, 0.6) is 0 Å². The fourth-order valence-electron chi connectivity index (χ4n) is 1.82. The minimum atomic E-state index is -0.562. The Hall–Kier alpha value is -2.04. The molecule has 1 amide bonds. The third-order valence-corrected chi connectivity index (χ3v) is 2.76. The van der Waals surface area contributed by atoms with E-state index in [9.17, 15) is 9.59 Å². The summed E-state index contributed by atoms with van der Waals surface area (Å²) in [5.74, 6) is -0.304. The van der Waals surface area contributed by atoms with Gasteiger partial charge in [-0.2, -0.15) is 0 Å². The zero-order chi connectivity index (χ0) is 15.9. The number of benzene rings is 1. The van der Waals surface area contributed by atoms with Crippen LogP contribution in [0.1, 0.15) is 45.2 Å². The molecule has 0 radical (unpaired) electrons. The summed E-state index contributed by atoms with van der Waals surface area (Å²) in [4.78, 5) is 23.2. The van der Waals surface area contributed by atoms with Crippen molar-refractivity contribution in [2.75, 3.05) is 7.11 Å². The molecule has 0 spiro atoms. The number of amides is 1. The van der Waals surface area contributed by atoms with Crippen LogP contribution in [0.15, 0.2) is 30.3 Å². The van der Waals surface area contributed by atoms with Crippen molar-refractivity contribution >= 4 is 12.1 Å². The molecule has 1 aromatic rings. The molecule has 0 aromatic heterocycles. The molecular formula is C16H23NO4. The summed E-state index contributed by atoms with van der Waals surface area (Å²) in [6.45, 7) is 5.41. The second kappa shape index (κ2) is 7.67. The Morgan fingerprint density at radius 1 is 1.19 bits per heavy atom. The van der Waals surface area contributed by atoms with Crippen LogP contribution in [-0.2, 0) is 14.3 Å². The van der Waals surface area contributed by atoms with Gasteiger partial charge in [0.2, 0.25) is 0 Å². The van der Waals surface area contributed by atoms with E-state index < -0.39 is 11.7 Å². The fraction of sp³-hybridized carbons (Fsp3) is 0.500. The van der Waals surface area contributed by atoms with Crippen molar-refractivity contribution in [3.8, 4) is 0 Å². The highest BCUT2D eigenvalue weighted by atomic mass is 16.6. The molecule has 0 fully saturated rings. The van der Waals surface area contributed by atoms with E-state index in [0.29, 0.717) is 6.42 Å². The Balaban J connectivity index is 2.73. The maximum absolute atomic E-state index is 11.9. The number of esters is 1. The van der Waals surface area contributed by atoms with Crippen LogP contribution < -0.4 is 5.32 Å². The molecule has 5 heteroatoms. The molecule has 0 aliphatic heterocycles. The molecule has 1 atom stereocenters. The minimum absolute atomic E-state index is 0.228. The van der Waals surface area contributed by atoms with Crippen molar-refractivity contribution in [2.45, 2.75) is 45.3 Å². The molecule has 0 bridgehead atoms. The Morgan fingerprint density at radius 2 is 1.81 bits per heavy atom. The van der Waals surface area contributed by atoms with Crippen molar-refractivity contribution in [1.29, 1.82) is 0 Å². The number of hydrogen-bond donors (Lipinski definition) is 1. The zero-order valence-electron chi connectivity index (χ0n) is 13.0. The summed E-state index contributed by atoms with van der Waals surface area (Å²) in [6, 6.07) is 9.18. The first-order valence-electron chi connectivity index (χ1n) is 6.93. The lowest BCUT2D eigenvalue weighted by atomic mass is 10.0. The van der Waals surface area contributed by atoms with Crippen LogP contribution in [0.3, 0.4) is 0 Å². The standard InChI is InChI=1S/C16H23NO4/c1-16(2,3)21-15(19)17-13(10-11-14(18)20-4)12-8-6-5-7-9-12/h5-9,13H,10-11H2,1-4H3,(H,17,19). The van der Waals surface area contributed by atoms with Crippen molar-refractivity contribution in [3.63, 3.8) is 0 Å². The number of carbonyl (C=O) groups is 2. The van der Waals surface area contributed by atoms with Gasteiger partial charge in [-0.1, -0.05) is 30.3 Å². The van der Waals surface area contributed by atoms with Crippen molar-refractivity contribution in [1.82, 2.24) is 5.32 Å². The highest BCUT2D eigenvalue weighted by Crippen LogP contribution is 2.19. The van der Waals surface area contributed by atoms with Gasteiger partial charge in [-0.25, -0.2) is 4.79 Å². The number of hydrogen-bond acceptors (Lipinski definition) is 4. The first-order valence-corrected chi connectivity index (χ1v) is 6.93. The van der Waals surface area contributed by atoms with E-state index in [1.165, 1.54) is 7.11 Å². The molecule has 1 N–H and O–H groups in total. The number of rotatable bonds is 5. The van der Waals surface area contributed by atoms with E-state index in [1.807, 2.05) is 30.3 Å². The van der Waals surface area contributed by atoms with Gasteiger partial charge in [-0.05, 0) is 32.8 Å². The molecule has 0 saturated carbocycles. The van der Waals surface area contributed by atoms with Crippen molar-refractivity contribution in [3.05, 3.63) is 35.9 Å². The van der Waals surface area contributed by atoms with Crippen LogP contribution in [0.2, 0.25) is 0 Å². The Bertz CT molecular complexity index is 465. The molecule has 0 saturated heterocycles. The molecule has 0 aliphatic rings. The Morgan fingerprint density at radius 3 is 2.33 bits per heavy atom. The van der Waals surface area contributed by atoms with Gasteiger partial charge < -0.3 is 14.8 Å². The van der Waals surface area contributed by atoms with Crippen molar-refractivity contribution < 1.29 is 19.1 Å². The average Bonchev–Trinajstić information content (AvgIpc) is 2.42. The van der Waals surface area contributed by atoms with E-state index in [1.54, 1.807) is 20.8 Å². The van der Waals surface area contributed by atoms with Crippen LogP contribution in [-0.4, -0.2) is 24.8 Å². The van der Waals surface area contributed by atoms with Gasteiger partial charge in [-0.3, -0.25) is 4.79 Å². The second-order valence-electron chi connectivity index (χ2n) is 5.72. The first-order chi connectivity index (χ1) is 9.81. The van der Waals surface area contributed by atoms with E-state index in [4.69, 9.17) is 4.74 Å². The maximum atomic E-state index is 11.9. The topological polar surface area (TPSA) is 64.6 Å².